The Balaban J connectivity index is 1.71. The lowest BCUT2D eigenvalue weighted by molar-refractivity contribution is 0.0665. The number of nitrogens with one attached hydrogen (secondary N) is 2. The average molecular weight is 362 g/mol. The number of ether oxygens (including phenoxy) is 1. The van der Waals surface area contributed by atoms with E-state index in [-0.39, 0.29) is 0 Å². The Morgan fingerprint density at radius 2 is 1.70 bits per heavy atom. The van der Waals surface area contributed by atoms with Crippen LogP contribution in [-0.2, 0) is 0 Å². The van der Waals surface area contributed by atoms with Gasteiger partial charge in [0, 0.05) is 27.7 Å². The molecule has 27 heavy (non-hydrogen) atoms. The second kappa shape index (κ2) is 6.89. The van der Waals surface area contributed by atoms with Gasteiger partial charge in [-0.3, -0.25) is 0 Å². The highest BCUT2D eigenvalue weighted by molar-refractivity contribution is 6.10. The Bertz CT molecular complexity index is 1080. The van der Waals surface area contributed by atoms with Crippen molar-refractivity contribution < 1.29 is 9.84 Å². The van der Waals surface area contributed by atoms with E-state index in [1.54, 1.807) is 6.92 Å². The van der Waals surface area contributed by atoms with Gasteiger partial charge in [-0.05, 0) is 45.0 Å². The first-order valence-electron chi connectivity index (χ1n) is 8.94. The molecule has 6 nitrogen and oxygen atoms in total. The van der Waals surface area contributed by atoms with Crippen molar-refractivity contribution in [1.29, 1.82) is 0 Å². The van der Waals surface area contributed by atoms with Crippen LogP contribution in [0.5, 0.6) is 5.75 Å². The molecular formula is C21H22N4O2. The number of hydrogen-bond acceptors (Lipinski definition) is 5. The molecule has 2 atom stereocenters. The van der Waals surface area contributed by atoms with E-state index in [1.165, 1.54) is 0 Å². The van der Waals surface area contributed by atoms with Gasteiger partial charge in [-0.15, -0.1) is 0 Å². The number of benzene rings is 2. The number of anilines is 1. The number of para-hydroxylation sites is 1. The molecule has 0 spiro atoms. The highest BCUT2D eigenvalue weighted by Crippen LogP contribution is 2.33. The average Bonchev–Trinajstić information content (AvgIpc) is 2.99. The largest absolute Gasteiger partial charge is 0.467 e. The minimum absolute atomic E-state index is 0.435. The molecule has 0 radical (unpaired) electrons. The molecular weight excluding hydrogens is 340 g/mol. The highest BCUT2D eigenvalue weighted by Gasteiger charge is 2.20. The highest BCUT2D eigenvalue weighted by atomic mass is 16.5. The number of nitrogens with zero attached hydrogens (tertiary/aromatic N) is 2. The van der Waals surface area contributed by atoms with Crippen molar-refractivity contribution in [2.75, 3.05) is 5.32 Å². The van der Waals surface area contributed by atoms with Crippen LogP contribution >= 0.6 is 0 Å². The van der Waals surface area contributed by atoms with E-state index in [2.05, 4.69) is 26.3 Å². The van der Waals surface area contributed by atoms with Crippen LogP contribution in [-0.4, -0.2) is 32.4 Å². The van der Waals surface area contributed by atoms with Gasteiger partial charge in [0.05, 0.1) is 5.52 Å². The molecule has 138 valence electrons. The summed E-state index contributed by atoms with van der Waals surface area (Å²) in [6.45, 7) is 5.49. The summed E-state index contributed by atoms with van der Waals surface area (Å²) >= 11 is 0. The predicted octanol–water partition coefficient (Wildman–Crippen LogP) is 3.93. The third-order valence-electron chi connectivity index (χ3n) is 4.44. The van der Waals surface area contributed by atoms with Crippen molar-refractivity contribution in [2.45, 2.75) is 33.1 Å². The Hall–Kier alpha value is -3.12. The molecule has 2 aromatic carbocycles. The topological polar surface area (TPSA) is 83.1 Å². The molecule has 0 aliphatic rings. The predicted molar refractivity (Wildman–Crippen MR) is 107 cm³/mol. The van der Waals surface area contributed by atoms with Crippen molar-refractivity contribution in [3.8, 4) is 5.75 Å². The van der Waals surface area contributed by atoms with Crippen molar-refractivity contribution in [2.24, 2.45) is 0 Å². The molecule has 4 rings (SSSR count). The van der Waals surface area contributed by atoms with Gasteiger partial charge in [0.1, 0.15) is 11.9 Å². The van der Waals surface area contributed by atoms with Gasteiger partial charge in [0.2, 0.25) is 5.95 Å². The smallest absolute Gasteiger partial charge is 0.226 e. The van der Waals surface area contributed by atoms with Gasteiger partial charge < -0.3 is 20.1 Å². The van der Waals surface area contributed by atoms with Gasteiger partial charge in [0.25, 0.3) is 0 Å². The minimum Gasteiger partial charge on any atom is -0.467 e. The first-order valence-corrected chi connectivity index (χ1v) is 8.94. The van der Waals surface area contributed by atoms with Crippen molar-refractivity contribution in [3.63, 3.8) is 0 Å². The van der Waals surface area contributed by atoms with Crippen LogP contribution < -0.4 is 10.1 Å². The molecule has 2 unspecified atom stereocenters. The molecule has 0 aliphatic carbocycles. The van der Waals surface area contributed by atoms with Crippen molar-refractivity contribution in [1.82, 2.24) is 15.0 Å². The van der Waals surface area contributed by atoms with Crippen molar-refractivity contribution >= 4 is 27.8 Å². The fourth-order valence-corrected chi connectivity index (χ4v) is 3.27. The van der Waals surface area contributed by atoms with E-state index in [0.29, 0.717) is 11.7 Å². The number of aryl methyl sites for hydroxylation is 2. The molecule has 0 saturated heterocycles. The third kappa shape index (κ3) is 3.44. The van der Waals surface area contributed by atoms with Crippen LogP contribution in [0.2, 0.25) is 0 Å². The molecule has 2 aromatic heterocycles. The maximum absolute atomic E-state index is 10.3. The van der Waals surface area contributed by atoms with Gasteiger partial charge in [-0.2, -0.15) is 0 Å². The SMILES string of the molecule is Cc1cc(C)nc(NC(Oc2cccc3[nH]c4ccccc4c23)C(C)O)n1. The van der Waals surface area contributed by atoms with E-state index < -0.39 is 12.3 Å². The van der Waals surface area contributed by atoms with Crippen LogP contribution in [0.25, 0.3) is 21.8 Å². The lowest BCUT2D eigenvalue weighted by Gasteiger charge is -2.23. The maximum Gasteiger partial charge on any atom is 0.226 e. The number of aliphatic hydroxyl groups is 1. The number of rotatable bonds is 5. The van der Waals surface area contributed by atoms with Gasteiger partial charge in [0.15, 0.2) is 6.23 Å². The summed E-state index contributed by atoms with van der Waals surface area (Å²) in [5, 5.41) is 15.4. The Labute approximate surface area is 157 Å². The third-order valence-corrected chi connectivity index (χ3v) is 4.44. The maximum atomic E-state index is 10.3. The van der Waals surface area contributed by atoms with Crippen LogP contribution in [0.4, 0.5) is 5.95 Å². The van der Waals surface area contributed by atoms with E-state index >= 15 is 0 Å². The minimum atomic E-state index is -0.769. The monoisotopic (exact) mass is 362 g/mol. The molecule has 0 fully saturated rings. The number of aromatic nitrogens is 3. The summed E-state index contributed by atoms with van der Waals surface area (Å²) < 4.78 is 6.18. The van der Waals surface area contributed by atoms with Crippen LogP contribution in [0.15, 0.2) is 48.5 Å². The fraction of sp³-hybridized carbons (Fsp3) is 0.238. The molecule has 2 heterocycles. The van der Waals surface area contributed by atoms with E-state index in [4.69, 9.17) is 4.74 Å². The standard InChI is InChI=1S/C21H22N4O2/c1-12-11-13(2)23-21(22-12)25-20(14(3)26)27-18-10-6-9-17-19(18)15-7-4-5-8-16(15)24-17/h4-11,14,20,24,26H,1-3H3,(H,22,23,25). The second-order valence-electron chi connectivity index (χ2n) is 6.75. The summed E-state index contributed by atoms with van der Waals surface area (Å²) in [4.78, 5) is 12.2. The lowest BCUT2D eigenvalue weighted by atomic mass is 10.1. The zero-order chi connectivity index (χ0) is 19.0. The summed E-state index contributed by atoms with van der Waals surface area (Å²) in [5.41, 5.74) is 3.74. The number of aromatic amines is 1. The van der Waals surface area contributed by atoms with Gasteiger partial charge >= 0.3 is 0 Å². The number of H-pyrrole nitrogens is 1. The summed E-state index contributed by atoms with van der Waals surface area (Å²) in [6, 6.07) is 15.8. The molecule has 0 amide bonds. The van der Waals surface area contributed by atoms with Crippen LogP contribution in [0.1, 0.15) is 18.3 Å². The number of fused-ring (bicyclic) bond motifs is 3. The summed E-state index contributed by atoms with van der Waals surface area (Å²) in [5.74, 6) is 1.12. The molecule has 6 heteroatoms. The normalized spacial score (nSPS) is 13.6. The van der Waals surface area contributed by atoms with Crippen molar-refractivity contribution in [3.05, 3.63) is 59.9 Å². The van der Waals surface area contributed by atoms with Gasteiger partial charge in [-0.1, -0.05) is 24.3 Å². The Kier molecular flexibility index (Phi) is 4.41. The quantitative estimate of drug-likeness (QED) is 0.469. The Morgan fingerprint density at radius 3 is 2.44 bits per heavy atom. The summed E-state index contributed by atoms with van der Waals surface area (Å²) in [7, 11) is 0. The zero-order valence-corrected chi connectivity index (χ0v) is 15.5. The number of hydrogen-bond donors (Lipinski definition) is 3. The van der Waals surface area contributed by atoms with E-state index in [9.17, 15) is 5.11 Å². The fourth-order valence-electron chi connectivity index (χ4n) is 3.27. The molecule has 3 N–H and O–H groups in total. The first-order chi connectivity index (χ1) is 13.0. The van der Waals surface area contributed by atoms with E-state index in [0.717, 1.165) is 33.2 Å². The first kappa shape index (κ1) is 17.3. The second-order valence-corrected chi connectivity index (χ2v) is 6.75. The molecule has 4 aromatic rings. The van der Waals surface area contributed by atoms with E-state index in [1.807, 2.05) is 56.3 Å². The van der Waals surface area contributed by atoms with Gasteiger partial charge in [-0.25, -0.2) is 9.97 Å². The zero-order valence-electron chi connectivity index (χ0n) is 15.5. The van der Waals surface area contributed by atoms with Crippen LogP contribution in [0.3, 0.4) is 0 Å². The number of aliphatic hydroxyl groups excluding tert-OH is 1. The molecule has 0 bridgehead atoms. The Morgan fingerprint density at radius 1 is 1.00 bits per heavy atom. The molecule has 0 aliphatic heterocycles. The van der Waals surface area contributed by atoms with Crippen LogP contribution in [0, 0.1) is 13.8 Å². The lowest BCUT2D eigenvalue weighted by Crippen LogP contribution is -2.37. The summed E-state index contributed by atoms with van der Waals surface area (Å²) in [6.07, 6.45) is -1.46. The molecule has 0 saturated carbocycles.